The molecule has 3 rings (SSSR count). The smallest absolute Gasteiger partial charge is 0.467 e. The average molecular weight is 252 g/mol. The molecule has 8 heteroatoms. The van der Waals surface area contributed by atoms with E-state index in [0.717, 1.165) is 4.57 Å². The van der Waals surface area contributed by atoms with Crippen molar-refractivity contribution in [2.45, 2.75) is 18.4 Å². The second-order valence-electron chi connectivity index (χ2n) is 3.86. The van der Waals surface area contributed by atoms with E-state index < -0.39 is 35.8 Å². The summed E-state index contributed by atoms with van der Waals surface area (Å²) in [5.41, 5.74) is -1.19. The molecule has 94 valence electrons. The van der Waals surface area contributed by atoms with Crippen molar-refractivity contribution in [2.75, 3.05) is 0 Å². The second kappa shape index (κ2) is 3.49. The van der Waals surface area contributed by atoms with Crippen LogP contribution in [0.15, 0.2) is 34.2 Å². The van der Waals surface area contributed by atoms with E-state index in [0.29, 0.717) is 0 Å². The molecule has 2 aliphatic rings. The van der Waals surface area contributed by atoms with Crippen molar-refractivity contribution < 1.29 is 19.0 Å². The Kier molecular flexibility index (Phi) is 2.06. The first-order chi connectivity index (χ1) is 8.56. The zero-order valence-corrected chi connectivity index (χ0v) is 8.99. The molecule has 1 aromatic heterocycles. The lowest BCUT2D eigenvalue weighted by Gasteiger charge is -2.16. The van der Waals surface area contributed by atoms with Gasteiger partial charge in [0.15, 0.2) is 0 Å². The second-order valence-corrected chi connectivity index (χ2v) is 3.86. The molecule has 0 unspecified atom stereocenters. The molecule has 0 saturated carbocycles. The maximum Gasteiger partial charge on any atom is 0.509 e. The predicted molar refractivity (Wildman–Crippen MR) is 55.7 cm³/mol. The summed E-state index contributed by atoms with van der Waals surface area (Å²) in [6.45, 7) is 3.59. The molecule has 2 saturated heterocycles. The number of hydrogen-bond donors (Lipinski definition) is 1. The number of ether oxygens (including phenoxy) is 3. The molecule has 18 heavy (non-hydrogen) atoms. The number of fused-ring (bicyclic) bond motifs is 1. The number of aromatic amines is 1. The third-order valence-electron chi connectivity index (χ3n) is 2.75. The molecule has 1 N–H and O–H groups in total. The normalized spacial score (nSPS) is 29.4. The molecule has 2 aliphatic heterocycles. The first-order valence-corrected chi connectivity index (χ1v) is 5.10. The van der Waals surface area contributed by atoms with Crippen LogP contribution in [0.2, 0.25) is 0 Å². The van der Waals surface area contributed by atoms with Crippen molar-refractivity contribution >= 4 is 6.16 Å². The van der Waals surface area contributed by atoms with Crippen molar-refractivity contribution in [1.29, 1.82) is 0 Å². The van der Waals surface area contributed by atoms with E-state index in [1.165, 1.54) is 12.3 Å². The summed E-state index contributed by atoms with van der Waals surface area (Å²) in [5.74, 6) is 0.203. The van der Waals surface area contributed by atoms with Crippen molar-refractivity contribution in [3.8, 4) is 0 Å². The molecule has 0 spiro atoms. The Morgan fingerprint density at radius 2 is 2.00 bits per heavy atom. The van der Waals surface area contributed by atoms with Crippen LogP contribution in [0.25, 0.3) is 0 Å². The molecule has 0 aliphatic carbocycles. The highest BCUT2D eigenvalue weighted by Gasteiger charge is 2.52. The molecule has 3 atom stereocenters. The number of nitrogens with zero attached hydrogens (tertiary/aromatic N) is 1. The van der Waals surface area contributed by atoms with Crippen molar-refractivity contribution in [3.05, 3.63) is 45.4 Å². The Balaban J connectivity index is 2.02. The van der Waals surface area contributed by atoms with Gasteiger partial charge in [0.2, 0.25) is 18.4 Å². The third-order valence-corrected chi connectivity index (χ3v) is 2.75. The molecule has 2 fully saturated rings. The molecule has 3 heterocycles. The van der Waals surface area contributed by atoms with Gasteiger partial charge in [-0.2, -0.15) is 0 Å². The lowest BCUT2D eigenvalue weighted by molar-refractivity contribution is 0.000527. The number of nitrogens with one attached hydrogen (secondary N) is 1. The van der Waals surface area contributed by atoms with E-state index in [2.05, 4.69) is 11.6 Å². The molecule has 0 radical (unpaired) electrons. The van der Waals surface area contributed by atoms with E-state index in [9.17, 15) is 14.4 Å². The number of hydrogen-bond acceptors (Lipinski definition) is 6. The maximum atomic E-state index is 11.6. The number of rotatable bonds is 1. The van der Waals surface area contributed by atoms with Crippen LogP contribution >= 0.6 is 0 Å². The van der Waals surface area contributed by atoms with E-state index in [1.807, 2.05) is 0 Å². The van der Waals surface area contributed by atoms with Gasteiger partial charge in [-0.25, -0.2) is 9.59 Å². The largest absolute Gasteiger partial charge is 0.509 e. The minimum atomic E-state index is -0.890. The summed E-state index contributed by atoms with van der Waals surface area (Å²) in [6, 6.07) is 1.17. The van der Waals surface area contributed by atoms with Crippen molar-refractivity contribution in [3.63, 3.8) is 0 Å². The van der Waals surface area contributed by atoms with Gasteiger partial charge in [0.05, 0.1) is 0 Å². The first kappa shape index (κ1) is 10.6. The van der Waals surface area contributed by atoms with Gasteiger partial charge in [0, 0.05) is 12.3 Å². The van der Waals surface area contributed by atoms with Crippen LogP contribution in [-0.4, -0.2) is 27.9 Å². The lowest BCUT2D eigenvalue weighted by atomic mass is 10.2. The average Bonchev–Trinajstić information content (AvgIpc) is 2.79. The summed E-state index contributed by atoms with van der Waals surface area (Å²) < 4.78 is 16.2. The predicted octanol–water partition coefficient (Wildman–Crippen LogP) is -0.517. The Hall–Kier alpha value is -2.51. The molecule has 0 bridgehead atoms. The lowest BCUT2D eigenvalue weighted by Crippen LogP contribution is -2.36. The Morgan fingerprint density at radius 3 is 2.72 bits per heavy atom. The van der Waals surface area contributed by atoms with Gasteiger partial charge in [-0.1, -0.05) is 6.58 Å². The number of carbonyl (C=O) groups excluding carboxylic acids is 1. The highest BCUT2D eigenvalue weighted by molar-refractivity contribution is 5.63. The van der Waals surface area contributed by atoms with Crippen LogP contribution < -0.4 is 11.2 Å². The molecule has 0 aromatic carbocycles. The minimum Gasteiger partial charge on any atom is -0.467 e. The highest BCUT2D eigenvalue weighted by Crippen LogP contribution is 2.38. The summed E-state index contributed by atoms with van der Waals surface area (Å²) in [6.07, 6.45) is -1.99. The van der Waals surface area contributed by atoms with Gasteiger partial charge in [-0.15, -0.1) is 0 Å². The standard InChI is InChI=1S/C10H8N2O6/c1-4-6-7(18-10(15)17-6)8(16-4)12-3-2-5(13)11-9(12)14/h2-3,6-8H,1H2,(H,11,13,14)/t6-,7-,8-/m1/s1. The van der Waals surface area contributed by atoms with Gasteiger partial charge in [0.1, 0.15) is 5.76 Å². The highest BCUT2D eigenvalue weighted by atomic mass is 16.8. The van der Waals surface area contributed by atoms with Crippen LogP contribution in [0.3, 0.4) is 0 Å². The Morgan fingerprint density at radius 1 is 1.22 bits per heavy atom. The summed E-state index contributed by atoms with van der Waals surface area (Å²) in [4.78, 5) is 35.7. The van der Waals surface area contributed by atoms with E-state index in [-0.39, 0.29) is 5.76 Å². The Labute approximate surface area is 99.4 Å². The molecular formula is C10H8N2O6. The zero-order chi connectivity index (χ0) is 12.9. The molecule has 1 aromatic rings. The van der Waals surface area contributed by atoms with Crippen molar-refractivity contribution in [2.24, 2.45) is 0 Å². The minimum absolute atomic E-state index is 0.203. The molecular weight excluding hydrogens is 244 g/mol. The first-order valence-electron chi connectivity index (χ1n) is 5.10. The van der Waals surface area contributed by atoms with Gasteiger partial charge < -0.3 is 14.2 Å². The SMILES string of the molecule is C=C1O[C@@H](n2ccc(=O)[nH]c2=O)[C@@H]2OC(=O)O[C@H]12. The van der Waals surface area contributed by atoms with Gasteiger partial charge >= 0.3 is 11.8 Å². The van der Waals surface area contributed by atoms with E-state index in [1.54, 1.807) is 0 Å². The quantitative estimate of drug-likeness (QED) is 0.675. The monoisotopic (exact) mass is 252 g/mol. The fraction of sp³-hybridized carbons (Fsp3) is 0.300. The van der Waals surface area contributed by atoms with Crippen LogP contribution in [0.1, 0.15) is 6.23 Å². The van der Waals surface area contributed by atoms with Gasteiger partial charge in [-0.05, 0) is 0 Å². The number of aromatic nitrogens is 2. The number of H-pyrrole nitrogens is 1. The van der Waals surface area contributed by atoms with Crippen LogP contribution in [-0.2, 0) is 14.2 Å². The van der Waals surface area contributed by atoms with Gasteiger partial charge in [-0.3, -0.25) is 14.3 Å². The topological polar surface area (TPSA) is 99.6 Å². The van der Waals surface area contributed by atoms with Crippen LogP contribution in [0.4, 0.5) is 4.79 Å². The van der Waals surface area contributed by atoms with E-state index >= 15 is 0 Å². The molecule has 0 amide bonds. The van der Waals surface area contributed by atoms with Gasteiger partial charge in [0.25, 0.3) is 5.56 Å². The summed E-state index contributed by atoms with van der Waals surface area (Å²) >= 11 is 0. The van der Waals surface area contributed by atoms with Crippen molar-refractivity contribution in [1.82, 2.24) is 9.55 Å². The van der Waals surface area contributed by atoms with Crippen LogP contribution in [0, 0.1) is 0 Å². The maximum absolute atomic E-state index is 11.6. The third kappa shape index (κ3) is 1.42. The Bertz CT molecular complexity index is 644. The number of carbonyl (C=O) groups is 1. The summed E-state index contributed by atoms with van der Waals surface area (Å²) in [7, 11) is 0. The molecule has 8 nitrogen and oxygen atoms in total. The van der Waals surface area contributed by atoms with E-state index in [4.69, 9.17) is 14.2 Å². The van der Waals surface area contributed by atoms with Crippen LogP contribution in [0.5, 0.6) is 0 Å². The zero-order valence-electron chi connectivity index (χ0n) is 8.99. The summed E-state index contributed by atoms with van der Waals surface area (Å²) in [5, 5.41) is 0. The fourth-order valence-corrected chi connectivity index (χ4v) is 1.96. The fourth-order valence-electron chi connectivity index (χ4n) is 1.96.